The number of nitrogens with one attached hydrogen (secondary N) is 1. The fraction of sp³-hybridized carbons (Fsp3) is 0.318. The average molecular weight is 361 g/mol. The van der Waals surface area contributed by atoms with E-state index in [4.69, 9.17) is 9.47 Å². The molecule has 2 aromatic carbocycles. The molecular formula is C22H23N3O2. The summed E-state index contributed by atoms with van der Waals surface area (Å²) in [5.41, 5.74) is 3.36. The number of benzene rings is 2. The van der Waals surface area contributed by atoms with Crippen LogP contribution in [-0.4, -0.2) is 40.8 Å². The van der Waals surface area contributed by atoms with Crippen molar-refractivity contribution in [1.82, 2.24) is 15.1 Å². The number of fused-ring (bicyclic) bond motifs is 1. The van der Waals surface area contributed by atoms with Gasteiger partial charge in [0, 0.05) is 25.2 Å². The fourth-order valence-electron chi connectivity index (χ4n) is 3.95. The Labute approximate surface area is 158 Å². The highest BCUT2D eigenvalue weighted by Gasteiger charge is 2.26. The van der Waals surface area contributed by atoms with Crippen LogP contribution in [0.25, 0.3) is 11.3 Å². The SMILES string of the molecule is c1cc(-c2ccc(Oc3ccc4c(c3)OC(CN3CCCC3)C4)cc2)[nH]n1. The highest BCUT2D eigenvalue weighted by molar-refractivity contribution is 5.59. The zero-order valence-corrected chi connectivity index (χ0v) is 15.2. The van der Waals surface area contributed by atoms with Gasteiger partial charge in [0.25, 0.3) is 0 Å². The van der Waals surface area contributed by atoms with E-state index in [1.54, 1.807) is 6.20 Å². The molecule has 1 unspecified atom stereocenters. The van der Waals surface area contributed by atoms with E-state index >= 15 is 0 Å². The normalized spacial score (nSPS) is 19.0. The number of likely N-dealkylation sites (tertiary alicyclic amines) is 1. The summed E-state index contributed by atoms with van der Waals surface area (Å²) in [5.74, 6) is 2.58. The second kappa shape index (κ2) is 7.08. The summed E-state index contributed by atoms with van der Waals surface area (Å²) in [5, 5.41) is 6.96. The molecular weight excluding hydrogens is 338 g/mol. The Morgan fingerprint density at radius 3 is 2.63 bits per heavy atom. The Bertz CT molecular complexity index is 900. The van der Waals surface area contributed by atoms with Gasteiger partial charge >= 0.3 is 0 Å². The molecule has 0 amide bonds. The fourth-order valence-corrected chi connectivity index (χ4v) is 3.95. The van der Waals surface area contributed by atoms with Crippen molar-refractivity contribution in [2.75, 3.05) is 19.6 Å². The van der Waals surface area contributed by atoms with Gasteiger partial charge in [-0.1, -0.05) is 6.07 Å². The lowest BCUT2D eigenvalue weighted by Gasteiger charge is -2.19. The van der Waals surface area contributed by atoms with Gasteiger partial charge < -0.3 is 9.47 Å². The van der Waals surface area contributed by atoms with Gasteiger partial charge in [-0.3, -0.25) is 10.00 Å². The maximum Gasteiger partial charge on any atom is 0.131 e. The van der Waals surface area contributed by atoms with E-state index in [2.05, 4.69) is 21.2 Å². The van der Waals surface area contributed by atoms with Crippen LogP contribution in [0.15, 0.2) is 54.7 Å². The number of aromatic amines is 1. The van der Waals surface area contributed by atoms with Crippen molar-refractivity contribution in [3.8, 4) is 28.5 Å². The number of rotatable bonds is 5. The summed E-state index contributed by atoms with van der Waals surface area (Å²) in [6.07, 6.45) is 5.64. The number of hydrogen-bond donors (Lipinski definition) is 1. The molecule has 5 heteroatoms. The van der Waals surface area contributed by atoms with Gasteiger partial charge in [0.15, 0.2) is 0 Å². The van der Waals surface area contributed by atoms with E-state index < -0.39 is 0 Å². The van der Waals surface area contributed by atoms with E-state index in [0.717, 1.165) is 41.5 Å². The second-order valence-corrected chi connectivity index (χ2v) is 7.32. The van der Waals surface area contributed by atoms with Crippen LogP contribution < -0.4 is 9.47 Å². The van der Waals surface area contributed by atoms with Crippen LogP contribution in [-0.2, 0) is 6.42 Å². The Morgan fingerprint density at radius 2 is 1.85 bits per heavy atom. The zero-order chi connectivity index (χ0) is 18.1. The van der Waals surface area contributed by atoms with E-state index in [1.165, 1.54) is 31.5 Å². The number of hydrogen-bond acceptors (Lipinski definition) is 4. The van der Waals surface area contributed by atoms with Crippen molar-refractivity contribution >= 4 is 0 Å². The van der Waals surface area contributed by atoms with Crippen LogP contribution in [0.5, 0.6) is 17.2 Å². The molecule has 5 rings (SSSR count). The molecule has 0 bridgehead atoms. The van der Waals surface area contributed by atoms with E-state index in [-0.39, 0.29) is 6.10 Å². The predicted octanol–water partition coefficient (Wildman–Crippen LogP) is 4.27. The quantitative estimate of drug-likeness (QED) is 0.737. The Kier molecular flexibility index (Phi) is 4.30. The molecule has 1 fully saturated rings. The molecule has 1 N–H and O–H groups in total. The Hall–Kier alpha value is -2.79. The molecule has 0 radical (unpaired) electrons. The first-order chi connectivity index (χ1) is 13.3. The highest BCUT2D eigenvalue weighted by atomic mass is 16.5. The first-order valence-corrected chi connectivity index (χ1v) is 9.63. The molecule has 2 aliphatic heterocycles. The number of nitrogens with zero attached hydrogens (tertiary/aromatic N) is 2. The third-order valence-electron chi connectivity index (χ3n) is 5.34. The topological polar surface area (TPSA) is 50.4 Å². The molecule has 0 aliphatic carbocycles. The first kappa shape index (κ1) is 16.4. The second-order valence-electron chi connectivity index (χ2n) is 7.32. The van der Waals surface area contributed by atoms with Crippen LogP contribution >= 0.6 is 0 Å². The van der Waals surface area contributed by atoms with Gasteiger partial charge in [-0.15, -0.1) is 0 Å². The number of ether oxygens (including phenoxy) is 2. The van der Waals surface area contributed by atoms with Gasteiger partial charge in [-0.25, -0.2) is 0 Å². The number of aromatic nitrogens is 2. The van der Waals surface area contributed by atoms with Gasteiger partial charge in [0.2, 0.25) is 0 Å². The molecule has 1 saturated heterocycles. The molecule has 0 spiro atoms. The summed E-state index contributed by atoms with van der Waals surface area (Å²) < 4.78 is 12.2. The largest absolute Gasteiger partial charge is 0.488 e. The smallest absolute Gasteiger partial charge is 0.131 e. The minimum Gasteiger partial charge on any atom is -0.488 e. The van der Waals surface area contributed by atoms with Gasteiger partial charge in [-0.05, 0) is 73.5 Å². The Morgan fingerprint density at radius 1 is 1.04 bits per heavy atom. The average Bonchev–Trinajstić information content (AvgIpc) is 3.44. The summed E-state index contributed by atoms with van der Waals surface area (Å²) >= 11 is 0. The molecule has 3 aromatic rings. The van der Waals surface area contributed by atoms with Crippen molar-refractivity contribution in [2.24, 2.45) is 0 Å². The predicted molar refractivity (Wildman–Crippen MR) is 104 cm³/mol. The van der Waals surface area contributed by atoms with Crippen LogP contribution in [0.2, 0.25) is 0 Å². The lowest BCUT2D eigenvalue weighted by Crippen LogP contribution is -2.32. The van der Waals surface area contributed by atoms with Crippen LogP contribution in [0, 0.1) is 0 Å². The van der Waals surface area contributed by atoms with Crippen LogP contribution in [0.1, 0.15) is 18.4 Å². The monoisotopic (exact) mass is 361 g/mol. The van der Waals surface area contributed by atoms with E-state index in [9.17, 15) is 0 Å². The molecule has 138 valence electrons. The third-order valence-corrected chi connectivity index (χ3v) is 5.34. The maximum atomic E-state index is 6.18. The van der Waals surface area contributed by atoms with Crippen molar-refractivity contribution in [3.63, 3.8) is 0 Å². The van der Waals surface area contributed by atoms with Crippen LogP contribution in [0.4, 0.5) is 0 Å². The molecule has 1 aromatic heterocycles. The van der Waals surface area contributed by atoms with Gasteiger partial charge in [0.1, 0.15) is 23.4 Å². The summed E-state index contributed by atoms with van der Waals surface area (Å²) in [6.45, 7) is 3.44. The maximum absolute atomic E-state index is 6.18. The molecule has 2 aliphatic rings. The minimum atomic E-state index is 0.266. The Balaban J connectivity index is 1.25. The van der Waals surface area contributed by atoms with Crippen molar-refractivity contribution in [3.05, 3.63) is 60.3 Å². The minimum absolute atomic E-state index is 0.266. The van der Waals surface area contributed by atoms with Crippen molar-refractivity contribution < 1.29 is 9.47 Å². The molecule has 27 heavy (non-hydrogen) atoms. The lowest BCUT2D eigenvalue weighted by molar-refractivity contribution is 0.168. The molecule has 1 atom stereocenters. The molecule has 0 saturated carbocycles. The molecule has 5 nitrogen and oxygen atoms in total. The zero-order valence-electron chi connectivity index (χ0n) is 15.2. The lowest BCUT2D eigenvalue weighted by atomic mass is 10.1. The van der Waals surface area contributed by atoms with E-state index in [0.29, 0.717) is 0 Å². The number of H-pyrrole nitrogens is 1. The van der Waals surface area contributed by atoms with Crippen LogP contribution in [0.3, 0.4) is 0 Å². The van der Waals surface area contributed by atoms with Gasteiger partial charge in [0.05, 0.1) is 5.69 Å². The highest BCUT2D eigenvalue weighted by Crippen LogP contribution is 2.35. The van der Waals surface area contributed by atoms with Crippen molar-refractivity contribution in [2.45, 2.75) is 25.4 Å². The van der Waals surface area contributed by atoms with Crippen molar-refractivity contribution in [1.29, 1.82) is 0 Å². The summed E-state index contributed by atoms with van der Waals surface area (Å²) in [4.78, 5) is 2.51. The summed E-state index contributed by atoms with van der Waals surface area (Å²) in [7, 11) is 0. The third kappa shape index (κ3) is 3.55. The van der Waals surface area contributed by atoms with Gasteiger partial charge in [-0.2, -0.15) is 5.10 Å². The van der Waals surface area contributed by atoms with E-state index in [1.807, 2.05) is 42.5 Å². The summed E-state index contributed by atoms with van der Waals surface area (Å²) in [6, 6.07) is 16.1. The molecule has 3 heterocycles. The standard InChI is InChI=1S/C22H23N3O2/c1-2-12-25(11-1)15-20-13-17-5-8-19(14-22(17)27-20)26-18-6-3-16(4-7-18)21-9-10-23-24-21/h3-10,14,20H,1-2,11-13,15H2,(H,23,24). The first-order valence-electron chi connectivity index (χ1n) is 9.63.